The monoisotopic (exact) mass is 274 g/mol. The quantitative estimate of drug-likeness (QED) is 0.848. The first-order chi connectivity index (χ1) is 9.63. The lowest BCUT2D eigenvalue weighted by Gasteiger charge is -2.07. The van der Waals surface area contributed by atoms with E-state index in [2.05, 4.69) is 15.4 Å². The van der Waals surface area contributed by atoms with Crippen LogP contribution in [0.5, 0.6) is 0 Å². The number of carbonyl (C=O) groups excluding carboxylic acids is 1. The summed E-state index contributed by atoms with van der Waals surface area (Å²) in [4.78, 5) is 15.9. The second kappa shape index (κ2) is 6.18. The Morgan fingerprint density at radius 1 is 1.40 bits per heavy atom. The number of pyridine rings is 1. The first-order valence-electron chi connectivity index (χ1n) is 6.58. The van der Waals surface area contributed by atoms with Crippen LogP contribution in [0.2, 0.25) is 0 Å². The van der Waals surface area contributed by atoms with E-state index in [9.17, 15) is 4.79 Å². The van der Waals surface area contributed by atoms with Gasteiger partial charge >= 0.3 is 5.97 Å². The van der Waals surface area contributed by atoms with Crippen LogP contribution < -0.4 is 5.32 Å². The average molecular weight is 274 g/mol. The highest BCUT2D eigenvalue weighted by molar-refractivity contribution is 5.88. The summed E-state index contributed by atoms with van der Waals surface area (Å²) >= 11 is 0. The van der Waals surface area contributed by atoms with Gasteiger partial charge in [0.25, 0.3) is 0 Å². The SMILES string of the molecule is CCOC(=O)c1cc(Nc2cc(C)ccn2)n(CC)n1. The van der Waals surface area contributed by atoms with E-state index < -0.39 is 5.97 Å². The molecule has 0 saturated carbocycles. The predicted molar refractivity (Wildman–Crippen MR) is 76.1 cm³/mol. The van der Waals surface area contributed by atoms with E-state index in [1.165, 1.54) is 0 Å². The molecule has 0 aliphatic rings. The summed E-state index contributed by atoms with van der Waals surface area (Å²) in [6.45, 7) is 6.70. The standard InChI is InChI=1S/C14H18N4O2/c1-4-18-13(9-11(17-18)14(19)20-5-2)16-12-8-10(3)6-7-15-12/h6-9H,4-5H2,1-3H3,(H,15,16). The normalized spacial score (nSPS) is 10.3. The maximum absolute atomic E-state index is 11.7. The molecule has 106 valence electrons. The average Bonchev–Trinajstić information content (AvgIpc) is 2.82. The molecule has 0 bridgehead atoms. The Morgan fingerprint density at radius 3 is 2.85 bits per heavy atom. The van der Waals surface area contributed by atoms with E-state index in [1.807, 2.05) is 26.0 Å². The second-order valence-electron chi connectivity index (χ2n) is 4.29. The van der Waals surface area contributed by atoms with Gasteiger partial charge in [-0.3, -0.25) is 0 Å². The van der Waals surface area contributed by atoms with Crippen LogP contribution in [0.15, 0.2) is 24.4 Å². The van der Waals surface area contributed by atoms with Gasteiger partial charge in [-0.25, -0.2) is 14.5 Å². The number of nitrogens with one attached hydrogen (secondary N) is 1. The van der Waals surface area contributed by atoms with E-state index in [0.29, 0.717) is 24.7 Å². The van der Waals surface area contributed by atoms with Crippen LogP contribution in [0.1, 0.15) is 29.9 Å². The molecular formula is C14H18N4O2. The van der Waals surface area contributed by atoms with E-state index in [0.717, 1.165) is 11.4 Å². The van der Waals surface area contributed by atoms with Crippen molar-refractivity contribution in [3.8, 4) is 0 Å². The molecule has 0 atom stereocenters. The van der Waals surface area contributed by atoms with Crippen molar-refractivity contribution in [2.45, 2.75) is 27.3 Å². The number of hydrogen-bond donors (Lipinski definition) is 1. The summed E-state index contributed by atoms with van der Waals surface area (Å²) in [5.41, 5.74) is 1.40. The Labute approximate surface area is 117 Å². The molecule has 6 nitrogen and oxygen atoms in total. The minimum atomic E-state index is -0.417. The first kappa shape index (κ1) is 14.0. The number of esters is 1. The molecule has 0 saturated heterocycles. The van der Waals surface area contributed by atoms with Gasteiger partial charge in [-0.15, -0.1) is 0 Å². The zero-order chi connectivity index (χ0) is 14.5. The Morgan fingerprint density at radius 2 is 2.20 bits per heavy atom. The van der Waals surface area contributed by atoms with Crippen molar-refractivity contribution < 1.29 is 9.53 Å². The van der Waals surface area contributed by atoms with E-state index in [1.54, 1.807) is 23.9 Å². The number of carbonyl (C=O) groups is 1. The lowest BCUT2D eigenvalue weighted by atomic mass is 10.3. The molecule has 2 aromatic heterocycles. The van der Waals surface area contributed by atoms with Crippen molar-refractivity contribution in [3.05, 3.63) is 35.7 Å². The molecule has 20 heavy (non-hydrogen) atoms. The largest absolute Gasteiger partial charge is 0.461 e. The lowest BCUT2D eigenvalue weighted by Crippen LogP contribution is -2.07. The van der Waals surface area contributed by atoms with Crippen molar-refractivity contribution in [2.24, 2.45) is 0 Å². The number of rotatable bonds is 5. The molecule has 0 unspecified atom stereocenters. The molecular weight excluding hydrogens is 256 g/mol. The maximum Gasteiger partial charge on any atom is 0.358 e. The Kier molecular flexibility index (Phi) is 4.34. The highest BCUT2D eigenvalue weighted by Crippen LogP contribution is 2.17. The molecule has 0 fully saturated rings. The molecule has 2 aromatic rings. The van der Waals surface area contributed by atoms with E-state index in [4.69, 9.17) is 4.74 Å². The summed E-state index contributed by atoms with van der Waals surface area (Å²) in [5, 5.41) is 7.38. The number of nitrogens with zero attached hydrogens (tertiary/aromatic N) is 3. The fraction of sp³-hybridized carbons (Fsp3) is 0.357. The molecule has 0 radical (unpaired) electrons. The minimum absolute atomic E-state index is 0.295. The van der Waals surface area contributed by atoms with Crippen molar-refractivity contribution in [2.75, 3.05) is 11.9 Å². The first-order valence-corrected chi connectivity index (χ1v) is 6.58. The van der Waals surface area contributed by atoms with Crippen molar-refractivity contribution >= 4 is 17.6 Å². The van der Waals surface area contributed by atoms with Gasteiger partial charge in [0.05, 0.1) is 6.61 Å². The molecule has 2 heterocycles. The van der Waals surface area contributed by atoms with Gasteiger partial charge in [-0.05, 0) is 38.5 Å². The third-order valence-electron chi connectivity index (χ3n) is 2.74. The van der Waals surface area contributed by atoms with Crippen LogP contribution in [0.4, 0.5) is 11.6 Å². The molecule has 0 aromatic carbocycles. The number of ether oxygens (including phenoxy) is 1. The highest BCUT2D eigenvalue weighted by Gasteiger charge is 2.14. The summed E-state index contributed by atoms with van der Waals surface area (Å²) in [7, 11) is 0. The fourth-order valence-corrected chi connectivity index (χ4v) is 1.80. The van der Waals surface area contributed by atoms with Gasteiger partial charge in [0.2, 0.25) is 0 Å². The zero-order valence-corrected chi connectivity index (χ0v) is 11.9. The topological polar surface area (TPSA) is 69.0 Å². The van der Waals surface area contributed by atoms with E-state index in [-0.39, 0.29) is 0 Å². The number of aromatic nitrogens is 3. The molecule has 0 aliphatic heterocycles. The molecule has 2 rings (SSSR count). The third kappa shape index (κ3) is 3.14. The molecule has 0 aliphatic carbocycles. The van der Waals surface area contributed by atoms with Gasteiger partial charge in [-0.2, -0.15) is 5.10 Å². The van der Waals surface area contributed by atoms with Gasteiger partial charge < -0.3 is 10.1 Å². The summed E-state index contributed by atoms with van der Waals surface area (Å²) in [5.74, 6) is 1.02. The minimum Gasteiger partial charge on any atom is -0.461 e. The predicted octanol–water partition coefficient (Wildman–Crippen LogP) is 2.53. The molecule has 6 heteroatoms. The third-order valence-corrected chi connectivity index (χ3v) is 2.74. The number of aryl methyl sites for hydroxylation is 2. The van der Waals surface area contributed by atoms with Gasteiger partial charge in [0, 0.05) is 18.8 Å². The van der Waals surface area contributed by atoms with Crippen LogP contribution in [0, 0.1) is 6.92 Å². The van der Waals surface area contributed by atoms with Crippen LogP contribution in [0.25, 0.3) is 0 Å². The molecule has 0 spiro atoms. The Bertz CT molecular complexity index is 607. The summed E-state index contributed by atoms with van der Waals surface area (Å²) < 4.78 is 6.66. The van der Waals surface area contributed by atoms with Crippen LogP contribution in [0.3, 0.4) is 0 Å². The van der Waals surface area contributed by atoms with Crippen LogP contribution in [-0.2, 0) is 11.3 Å². The Hall–Kier alpha value is -2.37. The van der Waals surface area contributed by atoms with Crippen molar-refractivity contribution in [1.82, 2.24) is 14.8 Å². The summed E-state index contributed by atoms with van der Waals surface area (Å²) in [6, 6.07) is 5.52. The second-order valence-corrected chi connectivity index (χ2v) is 4.29. The van der Waals surface area contributed by atoms with Gasteiger partial charge in [-0.1, -0.05) is 0 Å². The highest BCUT2D eigenvalue weighted by atomic mass is 16.5. The number of hydrogen-bond acceptors (Lipinski definition) is 5. The zero-order valence-electron chi connectivity index (χ0n) is 11.9. The molecule has 0 amide bonds. The van der Waals surface area contributed by atoms with Crippen molar-refractivity contribution in [1.29, 1.82) is 0 Å². The summed E-state index contributed by atoms with van der Waals surface area (Å²) in [6.07, 6.45) is 1.73. The van der Waals surface area contributed by atoms with E-state index >= 15 is 0 Å². The van der Waals surface area contributed by atoms with Crippen LogP contribution in [-0.4, -0.2) is 27.3 Å². The molecule has 1 N–H and O–H groups in total. The van der Waals surface area contributed by atoms with Crippen molar-refractivity contribution in [3.63, 3.8) is 0 Å². The smallest absolute Gasteiger partial charge is 0.358 e. The Balaban J connectivity index is 2.24. The van der Waals surface area contributed by atoms with Gasteiger partial charge in [0.1, 0.15) is 11.6 Å². The number of anilines is 2. The lowest BCUT2D eigenvalue weighted by molar-refractivity contribution is 0.0518. The fourth-order valence-electron chi connectivity index (χ4n) is 1.80. The van der Waals surface area contributed by atoms with Gasteiger partial charge in [0.15, 0.2) is 5.69 Å². The van der Waals surface area contributed by atoms with Crippen LogP contribution >= 0.6 is 0 Å². The maximum atomic E-state index is 11.7.